The molecule has 2 heterocycles. The standard InChI is InChI=1S/C13H20N4O2S/c1-2-5-16-12(19)10-9(14)8(11(15)18)13(20-10)17-6-3-4-7-17/h2-7,14H2,1H3,(H2,15,18)(H,16,19). The Hall–Kier alpha value is -1.76. The van der Waals surface area contributed by atoms with E-state index < -0.39 is 5.91 Å². The Kier molecular flexibility index (Phi) is 4.49. The maximum Gasteiger partial charge on any atom is 0.263 e. The van der Waals surface area contributed by atoms with Gasteiger partial charge in [-0.25, -0.2) is 0 Å². The third-order valence-corrected chi connectivity index (χ3v) is 4.57. The third-order valence-electron chi connectivity index (χ3n) is 3.31. The van der Waals surface area contributed by atoms with E-state index in [4.69, 9.17) is 11.5 Å². The van der Waals surface area contributed by atoms with Gasteiger partial charge in [-0.3, -0.25) is 9.59 Å². The van der Waals surface area contributed by atoms with Gasteiger partial charge in [-0.15, -0.1) is 11.3 Å². The number of carbonyl (C=O) groups is 2. The van der Waals surface area contributed by atoms with E-state index in [0.29, 0.717) is 17.0 Å². The molecule has 0 bridgehead atoms. The molecular weight excluding hydrogens is 276 g/mol. The molecule has 1 aromatic rings. The molecule has 0 saturated carbocycles. The second-order valence-electron chi connectivity index (χ2n) is 4.84. The summed E-state index contributed by atoms with van der Waals surface area (Å²) in [4.78, 5) is 26.2. The van der Waals surface area contributed by atoms with Gasteiger partial charge in [0.2, 0.25) is 0 Å². The van der Waals surface area contributed by atoms with Crippen LogP contribution in [0.15, 0.2) is 0 Å². The van der Waals surface area contributed by atoms with E-state index in [1.165, 1.54) is 11.3 Å². The van der Waals surface area contributed by atoms with Crippen LogP contribution in [0, 0.1) is 0 Å². The van der Waals surface area contributed by atoms with Crippen molar-refractivity contribution in [2.75, 3.05) is 30.3 Å². The van der Waals surface area contributed by atoms with Crippen LogP contribution in [0.3, 0.4) is 0 Å². The molecule has 1 aliphatic rings. The van der Waals surface area contributed by atoms with Crippen LogP contribution in [-0.2, 0) is 0 Å². The summed E-state index contributed by atoms with van der Waals surface area (Å²) in [6.07, 6.45) is 3.00. The Balaban J connectivity index is 2.36. The summed E-state index contributed by atoms with van der Waals surface area (Å²) in [5.74, 6) is -0.808. The quantitative estimate of drug-likeness (QED) is 0.759. The van der Waals surface area contributed by atoms with Crippen LogP contribution >= 0.6 is 11.3 Å². The van der Waals surface area contributed by atoms with E-state index in [1.54, 1.807) is 0 Å². The fraction of sp³-hybridized carbons (Fsp3) is 0.538. The second kappa shape index (κ2) is 6.13. The number of anilines is 2. The van der Waals surface area contributed by atoms with Gasteiger partial charge in [-0.2, -0.15) is 0 Å². The zero-order valence-electron chi connectivity index (χ0n) is 11.6. The van der Waals surface area contributed by atoms with E-state index in [1.807, 2.05) is 6.92 Å². The monoisotopic (exact) mass is 296 g/mol. The highest BCUT2D eigenvalue weighted by Gasteiger charge is 2.28. The van der Waals surface area contributed by atoms with Gasteiger partial charge in [0.05, 0.1) is 11.3 Å². The van der Waals surface area contributed by atoms with Crippen LogP contribution in [-0.4, -0.2) is 31.4 Å². The Labute approximate surface area is 122 Å². The molecule has 0 unspecified atom stereocenters. The number of nitrogen functional groups attached to an aromatic ring is 1. The molecule has 2 amide bonds. The first-order valence-corrected chi connectivity index (χ1v) is 7.63. The predicted octanol–water partition coefficient (Wildman–Crippen LogP) is 1.17. The average molecular weight is 296 g/mol. The van der Waals surface area contributed by atoms with Gasteiger partial charge in [0.25, 0.3) is 11.8 Å². The van der Waals surface area contributed by atoms with E-state index in [9.17, 15) is 9.59 Å². The molecule has 7 heteroatoms. The summed E-state index contributed by atoms with van der Waals surface area (Å²) in [6, 6.07) is 0. The Morgan fingerprint density at radius 2 is 2.00 bits per heavy atom. The molecule has 0 atom stereocenters. The Bertz CT molecular complexity index is 521. The van der Waals surface area contributed by atoms with Crippen molar-refractivity contribution in [2.24, 2.45) is 5.73 Å². The Morgan fingerprint density at radius 1 is 1.35 bits per heavy atom. The minimum Gasteiger partial charge on any atom is -0.397 e. The molecule has 1 fully saturated rings. The van der Waals surface area contributed by atoms with Gasteiger partial charge in [-0.1, -0.05) is 6.92 Å². The highest BCUT2D eigenvalue weighted by molar-refractivity contribution is 7.19. The van der Waals surface area contributed by atoms with Crippen LogP contribution in [0.5, 0.6) is 0 Å². The lowest BCUT2D eigenvalue weighted by molar-refractivity contribution is 0.0958. The molecular formula is C13H20N4O2S. The van der Waals surface area contributed by atoms with E-state index >= 15 is 0 Å². The van der Waals surface area contributed by atoms with Crippen molar-refractivity contribution >= 4 is 33.8 Å². The highest BCUT2D eigenvalue weighted by Crippen LogP contribution is 2.39. The van der Waals surface area contributed by atoms with E-state index in [0.717, 1.165) is 37.4 Å². The van der Waals surface area contributed by atoms with Crippen LogP contribution in [0.4, 0.5) is 10.7 Å². The van der Waals surface area contributed by atoms with Crippen LogP contribution in [0.1, 0.15) is 46.2 Å². The number of rotatable bonds is 5. The number of hydrogen-bond acceptors (Lipinski definition) is 5. The summed E-state index contributed by atoms with van der Waals surface area (Å²) >= 11 is 1.26. The summed E-state index contributed by atoms with van der Waals surface area (Å²) < 4.78 is 0. The topological polar surface area (TPSA) is 101 Å². The number of nitrogens with zero attached hydrogens (tertiary/aromatic N) is 1. The number of primary amides is 1. The van der Waals surface area contributed by atoms with Gasteiger partial charge in [0, 0.05) is 19.6 Å². The number of thiophene rings is 1. The van der Waals surface area contributed by atoms with Crippen molar-refractivity contribution in [1.29, 1.82) is 0 Å². The van der Waals surface area contributed by atoms with Crippen molar-refractivity contribution < 1.29 is 9.59 Å². The van der Waals surface area contributed by atoms with Crippen molar-refractivity contribution in [3.8, 4) is 0 Å². The maximum atomic E-state index is 12.1. The number of hydrogen-bond donors (Lipinski definition) is 3. The largest absolute Gasteiger partial charge is 0.397 e. The number of nitrogens with one attached hydrogen (secondary N) is 1. The SMILES string of the molecule is CCCNC(=O)c1sc(N2CCCC2)c(C(N)=O)c1N. The van der Waals surface area contributed by atoms with Crippen LogP contribution < -0.4 is 21.7 Å². The first kappa shape index (κ1) is 14.6. The lowest BCUT2D eigenvalue weighted by Crippen LogP contribution is -2.24. The summed E-state index contributed by atoms with van der Waals surface area (Å²) in [5.41, 5.74) is 11.9. The fourth-order valence-corrected chi connectivity index (χ4v) is 3.49. The summed E-state index contributed by atoms with van der Waals surface area (Å²) in [5, 5.41) is 3.51. The normalized spacial score (nSPS) is 14.6. The molecule has 0 radical (unpaired) electrons. The highest BCUT2D eigenvalue weighted by atomic mass is 32.1. The molecule has 110 valence electrons. The van der Waals surface area contributed by atoms with Gasteiger partial charge in [0.15, 0.2) is 0 Å². The van der Waals surface area contributed by atoms with Crippen LogP contribution in [0.2, 0.25) is 0 Å². The third kappa shape index (κ3) is 2.72. The minimum absolute atomic E-state index is 0.206. The van der Waals surface area contributed by atoms with Gasteiger partial charge in [-0.05, 0) is 19.3 Å². The predicted molar refractivity (Wildman–Crippen MR) is 81.3 cm³/mol. The fourth-order valence-electron chi connectivity index (χ4n) is 2.30. The lowest BCUT2D eigenvalue weighted by Gasteiger charge is -2.16. The minimum atomic E-state index is -0.574. The molecule has 5 N–H and O–H groups in total. The molecule has 0 aliphatic carbocycles. The molecule has 1 saturated heterocycles. The maximum absolute atomic E-state index is 12.1. The van der Waals surface area contributed by atoms with Gasteiger partial charge in [0.1, 0.15) is 9.88 Å². The number of amides is 2. The van der Waals surface area contributed by atoms with Crippen molar-refractivity contribution in [2.45, 2.75) is 26.2 Å². The van der Waals surface area contributed by atoms with E-state index in [-0.39, 0.29) is 11.6 Å². The molecule has 1 aliphatic heterocycles. The number of carbonyl (C=O) groups excluding carboxylic acids is 2. The number of nitrogens with two attached hydrogens (primary N) is 2. The van der Waals surface area contributed by atoms with Crippen molar-refractivity contribution in [1.82, 2.24) is 5.32 Å². The lowest BCUT2D eigenvalue weighted by atomic mass is 10.2. The molecule has 2 rings (SSSR count). The van der Waals surface area contributed by atoms with Gasteiger partial charge < -0.3 is 21.7 Å². The molecule has 20 heavy (non-hydrogen) atoms. The zero-order valence-corrected chi connectivity index (χ0v) is 12.4. The Morgan fingerprint density at radius 3 is 2.55 bits per heavy atom. The molecule has 1 aromatic heterocycles. The van der Waals surface area contributed by atoms with Crippen molar-refractivity contribution in [3.05, 3.63) is 10.4 Å². The average Bonchev–Trinajstić information content (AvgIpc) is 3.02. The molecule has 0 spiro atoms. The summed E-state index contributed by atoms with van der Waals surface area (Å²) in [7, 11) is 0. The van der Waals surface area contributed by atoms with Crippen LogP contribution in [0.25, 0.3) is 0 Å². The first-order chi connectivity index (χ1) is 9.56. The zero-order chi connectivity index (χ0) is 14.7. The summed E-state index contributed by atoms with van der Waals surface area (Å²) in [6.45, 7) is 4.30. The van der Waals surface area contributed by atoms with Gasteiger partial charge >= 0.3 is 0 Å². The molecule has 6 nitrogen and oxygen atoms in total. The van der Waals surface area contributed by atoms with Crippen molar-refractivity contribution in [3.63, 3.8) is 0 Å². The molecule has 0 aromatic carbocycles. The second-order valence-corrected chi connectivity index (χ2v) is 5.84. The van der Waals surface area contributed by atoms with E-state index in [2.05, 4.69) is 10.2 Å². The smallest absolute Gasteiger partial charge is 0.263 e. The first-order valence-electron chi connectivity index (χ1n) is 6.81.